The molecule has 1 heterocycles. The number of rotatable bonds is 5. The van der Waals surface area contributed by atoms with Gasteiger partial charge in [0.1, 0.15) is 5.75 Å². The molecular formula is C23H20N4O3. The molecule has 0 bridgehead atoms. The van der Waals surface area contributed by atoms with Gasteiger partial charge in [-0.15, -0.1) is 0 Å². The molecule has 0 aliphatic carbocycles. The highest BCUT2D eigenvalue weighted by Crippen LogP contribution is 2.24. The second kappa shape index (κ2) is 8.48. The predicted octanol–water partition coefficient (Wildman–Crippen LogP) is 4.10. The summed E-state index contributed by atoms with van der Waals surface area (Å²) in [6.45, 7) is 0.373. The summed E-state index contributed by atoms with van der Waals surface area (Å²) >= 11 is 0. The predicted molar refractivity (Wildman–Crippen MR) is 117 cm³/mol. The molecule has 0 aliphatic heterocycles. The molecule has 30 heavy (non-hydrogen) atoms. The monoisotopic (exact) mass is 400 g/mol. The van der Waals surface area contributed by atoms with Crippen molar-refractivity contribution >= 4 is 28.2 Å². The molecule has 7 nitrogen and oxygen atoms in total. The van der Waals surface area contributed by atoms with Gasteiger partial charge in [-0.05, 0) is 58.8 Å². The molecule has 4 rings (SSSR count). The van der Waals surface area contributed by atoms with E-state index in [-0.39, 0.29) is 11.7 Å². The Balaban J connectivity index is 1.44. The minimum atomic E-state index is -0.349. The largest absolute Gasteiger partial charge is 0.497 e. The van der Waals surface area contributed by atoms with Gasteiger partial charge in [-0.3, -0.25) is 4.57 Å². The number of hydrogen-bond donors (Lipinski definition) is 2. The maximum Gasteiger partial charge on any atom is 0.347 e. The van der Waals surface area contributed by atoms with Gasteiger partial charge in [-0.2, -0.15) is 0 Å². The number of aromatic nitrogens is 2. The van der Waals surface area contributed by atoms with Crippen molar-refractivity contribution in [1.82, 2.24) is 9.55 Å². The minimum absolute atomic E-state index is 0.317. The van der Waals surface area contributed by atoms with Crippen LogP contribution in [-0.4, -0.2) is 22.7 Å². The SMILES string of the molecule is COc1ccc2cc(NC(=O)Nc3cccc(Cn4cccnc4=O)c3)ccc2c1. The molecule has 0 unspecified atom stereocenters. The fourth-order valence-corrected chi connectivity index (χ4v) is 3.17. The average molecular weight is 400 g/mol. The maximum absolute atomic E-state index is 12.4. The molecule has 7 heteroatoms. The molecule has 2 N–H and O–H groups in total. The van der Waals surface area contributed by atoms with E-state index in [1.54, 1.807) is 25.4 Å². The van der Waals surface area contributed by atoms with Gasteiger partial charge in [-0.1, -0.05) is 24.3 Å². The number of anilines is 2. The van der Waals surface area contributed by atoms with Crippen LogP contribution in [0, 0.1) is 0 Å². The van der Waals surface area contributed by atoms with E-state index in [9.17, 15) is 9.59 Å². The summed E-state index contributed by atoms with van der Waals surface area (Å²) in [4.78, 5) is 28.0. The van der Waals surface area contributed by atoms with Crippen LogP contribution in [0.2, 0.25) is 0 Å². The van der Waals surface area contributed by atoms with Gasteiger partial charge in [0, 0.05) is 23.8 Å². The zero-order chi connectivity index (χ0) is 20.9. The van der Waals surface area contributed by atoms with Crippen LogP contribution in [0.15, 0.2) is 83.9 Å². The molecule has 0 saturated heterocycles. The van der Waals surface area contributed by atoms with E-state index in [4.69, 9.17) is 4.74 Å². The van der Waals surface area contributed by atoms with E-state index in [1.165, 1.54) is 10.8 Å². The van der Waals surface area contributed by atoms with Crippen LogP contribution in [0.1, 0.15) is 5.56 Å². The summed E-state index contributed by atoms with van der Waals surface area (Å²) in [6.07, 6.45) is 3.14. The molecule has 0 aliphatic rings. The van der Waals surface area contributed by atoms with Gasteiger partial charge >= 0.3 is 11.7 Å². The third-order valence-electron chi connectivity index (χ3n) is 4.63. The Bertz CT molecular complexity index is 1270. The number of benzene rings is 3. The number of ether oxygens (including phenoxy) is 1. The lowest BCUT2D eigenvalue weighted by molar-refractivity contribution is 0.262. The maximum atomic E-state index is 12.4. The molecule has 0 radical (unpaired) electrons. The second-order valence-corrected chi connectivity index (χ2v) is 6.74. The molecule has 0 atom stereocenters. The van der Waals surface area contributed by atoms with Crippen molar-refractivity contribution in [1.29, 1.82) is 0 Å². The summed E-state index contributed by atoms with van der Waals surface area (Å²) in [5.74, 6) is 0.786. The number of amides is 2. The van der Waals surface area contributed by atoms with Crippen molar-refractivity contribution < 1.29 is 9.53 Å². The summed E-state index contributed by atoms with van der Waals surface area (Å²) < 4.78 is 6.74. The van der Waals surface area contributed by atoms with E-state index in [0.29, 0.717) is 17.9 Å². The zero-order valence-corrected chi connectivity index (χ0v) is 16.3. The Kier molecular flexibility index (Phi) is 5.43. The molecule has 2 amide bonds. The normalized spacial score (nSPS) is 10.6. The Labute approximate surface area is 173 Å². The molecule has 0 spiro atoms. The average Bonchev–Trinajstić information content (AvgIpc) is 2.75. The second-order valence-electron chi connectivity index (χ2n) is 6.74. The smallest absolute Gasteiger partial charge is 0.347 e. The molecule has 3 aromatic carbocycles. The Morgan fingerprint density at radius 3 is 2.53 bits per heavy atom. The number of urea groups is 1. The lowest BCUT2D eigenvalue weighted by Gasteiger charge is -2.11. The van der Waals surface area contributed by atoms with Gasteiger partial charge in [0.2, 0.25) is 0 Å². The van der Waals surface area contributed by atoms with Gasteiger partial charge in [0.15, 0.2) is 0 Å². The number of methoxy groups -OCH3 is 1. The van der Waals surface area contributed by atoms with E-state index in [2.05, 4.69) is 15.6 Å². The highest BCUT2D eigenvalue weighted by Gasteiger charge is 2.06. The number of fused-ring (bicyclic) bond motifs is 1. The van der Waals surface area contributed by atoms with Gasteiger partial charge in [0.25, 0.3) is 0 Å². The summed E-state index contributed by atoms with van der Waals surface area (Å²) in [5, 5.41) is 7.69. The Morgan fingerprint density at radius 2 is 1.73 bits per heavy atom. The highest BCUT2D eigenvalue weighted by molar-refractivity contribution is 6.01. The van der Waals surface area contributed by atoms with Crippen LogP contribution in [0.25, 0.3) is 10.8 Å². The first-order valence-corrected chi connectivity index (χ1v) is 9.37. The van der Waals surface area contributed by atoms with Gasteiger partial charge in [0.05, 0.1) is 13.7 Å². The van der Waals surface area contributed by atoms with Crippen molar-refractivity contribution in [2.75, 3.05) is 17.7 Å². The fourth-order valence-electron chi connectivity index (χ4n) is 3.17. The van der Waals surface area contributed by atoms with Gasteiger partial charge < -0.3 is 15.4 Å². The lowest BCUT2D eigenvalue weighted by atomic mass is 10.1. The van der Waals surface area contributed by atoms with Crippen LogP contribution < -0.4 is 21.1 Å². The lowest BCUT2D eigenvalue weighted by Crippen LogP contribution is -2.22. The zero-order valence-electron chi connectivity index (χ0n) is 16.3. The molecule has 150 valence electrons. The standard InChI is InChI=1S/C23H20N4O3/c1-30-21-9-7-17-13-20(8-6-18(17)14-21)26-22(28)25-19-5-2-4-16(12-19)15-27-11-3-10-24-23(27)29/h2-14H,15H2,1H3,(H2,25,26,28). The quantitative estimate of drug-likeness (QED) is 0.528. The van der Waals surface area contributed by atoms with Crippen molar-refractivity contribution in [3.8, 4) is 5.75 Å². The topological polar surface area (TPSA) is 85.2 Å². The molecule has 4 aromatic rings. The van der Waals surface area contributed by atoms with Crippen molar-refractivity contribution in [2.45, 2.75) is 6.54 Å². The number of nitrogens with one attached hydrogen (secondary N) is 2. The third kappa shape index (κ3) is 4.47. The van der Waals surface area contributed by atoms with E-state index >= 15 is 0 Å². The number of carbonyl (C=O) groups excluding carboxylic acids is 1. The minimum Gasteiger partial charge on any atom is -0.497 e. The summed E-state index contributed by atoms with van der Waals surface area (Å²) in [5.41, 5.74) is 1.88. The summed E-state index contributed by atoms with van der Waals surface area (Å²) in [6, 6.07) is 20.1. The molecule has 0 fully saturated rings. The number of hydrogen-bond acceptors (Lipinski definition) is 4. The summed E-state index contributed by atoms with van der Waals surface area (Å²) in [7, 11) is 1.63. The van der Waals surface area contributed by atoms with Crippen LogP contribution in [-0.2, 0) is 6.54 Å². The van der Waals surface area contributed by atoms with Crippen LogP contribution >= 0.6 is 0 Å². The van der Waals surface area contributed by atoms with E-state index in [0.717, 1.165) is 22.1 Å². The fraction of sp³-hybridized carbons (Fsp3) is 0.0870. The molecule has 0 saturated carbocycles. The van der Waals surface area contributed by atoms with E-state index in [1.807, 2.05) is 54.6 Å². The third-order valence-corrected chi connectivity index (χ3v) is 4.63. The Hall–Kier alpha value is -4.13. The van der Waals surface area contributed by atoms with Crippen molar-refractivity contribution in [2.24, 2.45) is 0 Å². The van der Waals surface area contributed by atoms with Crippen molar-refractivity contribution in [3.05, 3.63) is 95.2 Å². The van der Waals surface area contributed by atoms with E-state index < -0.39 is 0 Å². The first kappa shape index (κ1) is 19.2. The van der Waals surface area contributed by atoms with Gasteiger partial charge in [-0.25, -0.2) is 14.6 Å². The van der Waals surface area contributed by atoms with Crippen molar-refractivity contribution in [3.63, 3.8) is 0 Å². The molecular weight excluding hydrogens is 380 g/mol. The van der Waals surface area contributed by atoms with Crippen LogP contribution in [0.5, 0.6) is 5.75 Å². The molecule has 1 aromatic heterocycles. The van der Waals surface area contributed by atoms with Crippen LogP contribution in [0.4, 0.5) is 16.2 Å². The van der Waals surface area contributed by atoms with Crippen LogP contribution in [0.3, 0.4) is 0 Å². The first-order chi connectivity index (χ1) is 14.6. The number of carbonyl (C=O) groups is 1. The Morgan fingerprint density at radius 1 is 0.967 bits per heavy atom. The number of nitrogens with zero attached hydrogens (tertiary/aromatic N) is 2. The highest BCUT2D eigenvalue weighted by atomic mass is 16.5. The first-order valence-electron chi connectivity index (χ1n) is 9.37.